The van der Waals surface area contributed by atoms with Crippen LogP contribution in [0.4, 0.5) is 0 Å². The van der Waals surface area contributed by atoms with Crippen LogP contribution in [0.5, 0.6) is 5.75 Å². The quantitative estimate of drug-likeness (QED) is 0.789. The van der Waals surface area contributed by atoms with Gasteiger partial charge in [-0.1, -0.05) is 6.92 Å². The molecule has 1 fully saturated rings. The van der Waals surface area contributed by atoms with Crippen molar-refractivity contribution in [1.82, 2.24) is 4.90 Å². The first-order valence-electron chi connectivity index (χ1n) is 8.55. The van der Waals surface area contributed by atoms with Crippen LogP contribution >= 0.6 is 0 Å². The molecule has 6 heteroatoms. The molecule has 1 aliphatic rings. The minimum Gasteiger partial charge on any atom is -0.491 e. The van der Waals surface area contributed by atoms with Crippen molar-refractivity contribution in [2.24, 2.45) is 5.92 Å². The van der Waals surface area contributed by atoms with Gasteiger partial charge in [0.15, 0.2) is 9.84 Å². The van der Waals surface area contributed by atoms with Crippen LogP contribution in [0.15, 0.2) is 29.2 Å². The molecule has 0 atom stereocenters. The number of nitrogens with zero attached hydrogens (tertiary/aromatic N) is 1. The van der Waals surface area contributed by atoms with E-state index in [0.717, 1.165) is 25.9 Å². The van der Waals surface area contributed by atoms with E-state index < -0.39 is 9.84 Å². The Hall–Kier alpha value is -1.56. The van der Waals surface area contributed by atoms with E-state index in [1.807, 2.05) is 13.8 Å². The van der Waals surface area contributed by atoms with Gasteiger partial charge in [0.05, 0.1) is 16.8 Å². The smallest absolute Gasteiger partial charge is 0.223 e. The van der Waals surface area contributed by atoms with Gasteiger partial charge in [-0.2, -0.15) is 0 Å². The lowest BCUT2D eigenvalue weighted by molar-refractivity contribution is -0.132. The number of piperidine rings is 1. The number of amides is 1. The monoisotopic (exact) mass is 353 g/mol. The second-order valence-corrected chi connectivity index (χ2v) is 8.88. The minimum atomic E-state index is -3.45. The van der Waals surface area contributed by atoms with Crippen molar-refractivity contribution in [2.75, 3.05) is 18.8 Å². The molecular formula is C18H27NO4S. The molecule has 1 aromatic carbocycles. The van der Waals surface area contributed by atoms with Crippen molar-refractivity contribution in [2.45, 2.75) is 51.0 Å². The molecule has 5 nitrogen and oxygen atoms in total. The molecule has 1 saturated heterocycles. The van der Waals surface area contributed by atoms with Crippen LogP contribution in [0.25, 0.3) is 0 Å². The summed E-state index contributed by atoms with van der Waals surface area (Å²) >= 11 is 0. The molecule has 0 radical (unpaired) electrons. The van der Waals surface area contributed by atoms with E-state index in [9.17, 15) is 13.2 Å². The van der Waals surface area contributed by atoms with Gasteiger partial charge in [-0.25, -0.2) is 8.42 Å². The third kappa shape index (κ3) is 5.23. The molecular weight excluding hydrogens is 326 g/mol. The number of rotatable bonds is 6. The number of ether oxygens (including phenoxy) is 1. The van der Waals surface area contributed by atoms with Crippen molar-refractivity contribution >= 4 is 15.7 Å². The fraction of sp³-hybridized carbons (Fsp3) is 0.611. The number of carbonyl (C=O) groups is 1. The first-order valence-corrected chi connectivity index (χ1v) is 10.2. The van der Waals surface area contributed by atoms with E-state index in [4.69, 9.17) is 4.74 Å². The van der Waals surface area contributed by atoms with Gasteiger partial charge in [0, 0.05) is 19.5 Å². The molecule has 1 amide bonds. The lowest BCUT2D eigenvalue weighted by Crippen LogP contribution is -2.38. The van der Waals surface area contributed by atoms with E-state index in [0.29, 0.717) is 11.7 Å². The molecule has 0 N–H and O–H groups in total. The second kappa shape index (κ2) is 8.01. The number of benzene rings is 1. The summed E-state index contributed by atoms with van der Waals surface area (Å²) in [5.41, 5.74) is 0. The van der Waals surface area contributed by atoms with Crippen LogP contribution in [-0.4, -0.2) is 44.2 Å². The lowest BCUT2D eigenvalue weighted by atomic mass is 9.99. The SMILES string of the molecule is CC1CCN(C(=O)CCS(=O)(=O)c2ccc(OC(C)C)cc2)CC1. The molecule has 1 aromatic rings. The highest BCUT2D eigenvalue weighted by molar-refractivity contribution is 7.91. The Bertz CT molecular complexity index is 644. The van der Waals surface area contributed by atoms with Crippen LogP contribution in [0.2, 0.25) is 0 Å². The molecule has 1 aliphatic heterocycles. The fourth-order valence-corrected chi connectivity index (χ4v) is 3.98. The van der Waals surface area contributed by atoms with E-state index in [1.54, 1.807) is 29.2 Å². The van der Waals surface area contributed by atoms with E-state index >= 15 is 0 Å². The maximum absolute atomic E-state index is 12.4. The first kappa shape index (κ1) is 18.8. The Labute approximate surface area is 144 Å². The highest BCUT2D eigenvalue weighted by Crippen LogP contribution is 2.20. The van der Waals surface area contributed by atoms with E-state index in [2.05, 4.69) is 6.92 Å². The van der Waals surface area contributed by atoms with Crippen LogP contribution in [0.1, 0.15) is 40.0 Å². The predicted octanol–water partition coefficient (Wildman–Crippen LogP) is 2.90. The van der Waals surface area contributed by atoms with E-state index in [1.165, 1.54) is 0 Å². The summed E-state index contributed by atoms with van der Waals surface area (Å²) < 4.78 is 30.3. The predicted molar refractivity (Wildman–Crippen MR) is 93.9 cm³/mol. The topological polar surface area (TPSA) is 63.7 Å². The zero-order chi connectivity index (χ0) is 17.7. The van der Waals surface area contributed by atoms with Gasteiger partial charge < -0.3 is 9.64 Å². The summed E-state index contributed by atoms with van der Waals surface area (Å²) in [7, 11) is -3.45. The molecule has 0 saturated carbocycles. The third-order valence-electron chi connectivity index (χ3n) is 4.28. The van der Waals surface area contributed by atoms with Gasteiger partial charge >= 0.3 is 0 Å². The highest BCUT2D eigenvalue weighted by Gasteiger charge is 2.23. The highest BCUT2D eigenvalue weighted by atomic mass is 32.2. The number of hydrogen-bond acceptors (Lipinski definition) is 4. The first-order chi connectivity index (χ1) is 11.3. The Kier molecular flexibility index (Phi) is 6.27. The summed E-state index contributed by atoms with van der Waals surface area (Å²) in [4.78, 5) is 14.2. The molecule has 0 aliphatic carbocycles. The third-order valence-corrected chi connectivity index (χ3v) is 6.01. The van der Waals surface area contributed by atoms with Crippen molar-refractivity contribution < 1.29 is 17.9 Å². The van der Waals surface area contributed by atoms with Gasteiger partial charge in [-0.15, -0.1) is 0 Å². The average Bonchev–Trinajstić information content (AvgIpc) is 2.53. The number of hydrogen-bond donors (Lipinski definition) is 0. The van der Waals surface area contributed by atoms with Crippen molar-refractivity contribution in [3.63, 3.8) is 0 Å². The molecule has 0 spiro atoms. The maximum atomic E-state index is 12.4. The fourth-order valence-electron chi connectivity index (χ4n) is 2.75. The summed E-state index contributed by atoms with van der Waals surface area (Å²) in [6.07, 6.45) is 2.07. The zero-order valence-corrected chi connectivity index (χ0v) is 15.5. The van der Waals surface area contributed by atoms with Crippen molar-refractivity contribution in [1.29, 1.82) is 0 Å². The van der Waals surface area contributed by atoms with Crippen LogP contribution in [0, 0.1) is 5.92 Å². The second-order valence-electron chi connectivity index (χ2n) is 6.77. The van der Waals surface area contributed by atoms with Gasteiger partial charge in [-0.05, 0) is 56.9 Å². The summed E-state index contributed by atoms with van der Waals surface area (Å²) in [5.74, 6) is 1.07. The molecule has 1 heterocycles. The molecule has 134 valence electrons. The largest absolute Gasteiger partial charge is 0.491 e. The van der Waals surface area contributed by atoms with Crippen molar-refractivity contribution in [3.05, 3.63) is 24.3 Å². The molecule has 0 bridgehead atoms. The molecule has 24 heavy (non-hydrogen) atoms. The van der Waals surface area contributed by atoms with Crippen LogP contribution < -0.4 is 4.74 Å². The maximum Gasteiger partial charge on any atom is 0.223 e. The number of carbonyl (C=O) groups excluding carboxylic acids is 1. The molecule has 0 aromatic heterocycles. The summed E-state index contributed by atoms with van der Waals surface area (Å²) in [6.45, 7) is 7.48. The Morgan fingerprint density at radius 2 is 1.79 bits per heavy atom. The standard InChI is InChI=1S/C18H27NO4S/c1-14(2)23-16-4-6-17(7-5-16)24(21,22)13-10-18(20)19-11-8-15(3)9-12-19/h4-7,14-15H,8-13H2,1-3H3. The zero-order valence-electron chi connectivity index (χ0n) is 14.7. The summed E-state index contributed by atoms with van der Waals surface area (Å²) in [6, 6.07) is 6.39. The van der Waals surface area contributed by atoms with Gasteiger partial charge in [0.1, 0.15) is 5.75 Å². The number of sulfone groups is 1. The normalized spacial score (nSPS) is 16.4. The minimum absolute atomic E-state index is 0.0392. The van der Waals surface area contributed by atoms with Gasteiger partial charge in [-0.3, -0.25) is 4.79 Å². The molecule has 0 unspecified atom stereocenters. The molecule has 2 rings (SSSR count). The summed E-state index contributed by atoms with van der Waals surface area (Å²) in [5, 5.41) is 0. The van der Waals surface area contributed by atoms with Gasteiger partial charge in [0.25, 0.3) is 0 Å². The van der Waals surface area contributed by atoms with Crippen LogP contribution in [0.3, 0.4) is 0 Å². The van der Waals surface area contributed by atoms with Crippen molar-refractivity contribution in [3.8, 4) is 5.75 Å². The Balaban J connectivity index is 1.92. The Morgan fingerprint density at radius 3 is 2.33 bits per heavy atom. The Morgan fingerprint density at radius 1 is 1.21 bits per heavy atom. The average molecular weight is 353 g/mol. The van der Waals surface area contributed by atoms with E-state index in [-0.39, 0.29) is 29.1 Å². The lowest BCUT2D eigenvalue weighted by Gasteiger charge is -2.30. The number of likely N-dealkylation sites (tertiary alicyclic amines) is 1. The van der Waals surface area contributed by atoms with Crippen LogP contribution in [-0.2, 0) is 14.6 Å². The van der Waals surface area contributed by atoms with Gasteiger partial charge in [0.2, 0.25) is 5.91 Å².